The van der Waals surface area contributed by atoms with Crippen molar-refractivity contribution in [2.45, 2.75) is 20.4 Å². The Labute approximate surface area is 132 Å². The van der Waals surface area contributed by atoms with Gasteiger partial charge in [-0.3, -0.25) is 4.99 Å². The molecule has 1 N–H and O–H groups in total. The van der Waals surface area contributed by atoms with Crippen molar-refractivity contribution in [3.8, 4) is 0 Å². The molecule has 0 aliphatic carbocycles. The van der Waals surface area contributed by atoms with Gasteiger partial charge in [-0.1, -0.05) is 19.1 Å². The summed E-state index contributed by atoms with van der Waals surface area (Å²) in [7, 11) is -1.19. The number of nitrogens with zero attached hydrogens (tertiary/aromatic N) is 2. The molecule has 0 saturated heterocycles. The molecule has 1 rings (SSSR count). The van der Waals surface area contributed by atoms with Crippen molar-refractivity contribution < 1.29 is 12.8 Å². The van der Waals surface area contributed by atoms with Crippen LogP contribution in [0.3, 0.4) is 0 Å². The van der Waals surface area contributed by atoms with Gasteiger partial charge >= 0.3 is 0 Å². The monoisotopic (exact) mass is 329 g/mol. The highest BCUT2D eigenvalue weighted by Gasteiger charge is 2.09. The van der Waals surface area contributed by atoms with Crippen molar-refractivity contribution in [3.05, 3.63) is 35.6 Å². The van der Waals surface area contributed by atoms with Gasteiger partial charge < -0.3 is 10.2 Å². The molecule has 0 aromatic heterocycles. The van der Waals surface area contributed by atoms with E-state index in [1.807, 2.05) is 24.9 Å². The van der Waals surface area contributed by atoms with E-state index in [1.165, 1.54) is 12.1 Å². The summed E-state index contributed by atoms with van der Waals surface area (Å²) in [5, 5.41) is 3.11. The Morgan fingerprint density at radius 3 is 2.68 bits per heavy atom. The number of sulfone groups is 1. The van der Waals surface area contributed by atoms with Crippen LogP contribution < -0.4 is 5.32 Å². The van der Waals surface area contributed by atoms with Crippen molar-refractivity contribution in [2.24, 2.45) is 4.99 Å². The maximum Gasteiger partial charge on any atom is 0.193 e. The third-order valence-electron chi connectivity index (χ3n) is 3.11. The molecule has 0 spiro atoms. The molecule has 0 radical (unpaired) electrons. The maximum absolute atomic E-state index is 13.2. The molecule has 0 heterocycles. The summed E-state index contributed by atoms with van der Waals surface area (Å²) in [5.41, 5.74) is 0.828. The largest absolute Gasteiger partial charge is 0.357 e. The quantitative estimate of drug-likeness (QED) is 0.610. The lowest BCUT2D eigenvalue weighted by Crippen LogP contribution is -2.38. The van der Waals surface area contributed by atoms with E-state index in [4.69, 9.17) is 0 Å². The lowest BCUT2D eigenvalue weighted by molar-refractivity contribution is 0.475. The average Bonchev–Trinajstić information content (AvgIpc) is 2.46. The molecular weight excluding hydrogens is 305 g/mol. The van der Waals surface area contributed by atoms with Gasteiger partial charge in [0.05, 0.1) is 12.3 Å². The summed E-state index contributed by atoms with van der Waals surface area (Å²) in [4.78, 5) is 6.17. The van der Waals surface area contributed by atoms with Gasteiger partial charge in [0.1, 0.15) is 5.82 Å². The molecule has 0 aliphatic heterocycles. The lowest BCUT2D eigenvalue weighted by atomic mass is 10.2. The van der Waals surface area contributed by atoms with Crippen LogP contribution in [0.4, 0.5) is 4.39 Å². The van der Waals surface area contributed by atoms with E-state index in [1.54, 1.807) is 13.0 Å². The van der Waals surface area contributed by atoms with Crippen LogP contribution >= 0.6 is 0 Å². The summed E-state index contributed by atoms with van der Waals surface area (Å²) >= 11 is 0. The fourth-order valence-electron chi connectivity index (χ4n) is 1.89. The summed E-state index contributed by atoms with van der Waals surface area (Å²) in [6.07, 6.45) is 0. The molecule has 0 amide bonds. The third-order valence-corrected chi connectivity index (χ3v) is 4.79. The SMILES string of the molecule is CCNC(=NCCS(=O)(=O)CC)N(C)Cc1cccc(F)c1. The molecule has 5 nitrogen and oxygen atoms in total. The van der Waals surface area contributed by atoms with Crippen molar-refractivity contribution in [3.63, 3.8) is 0 Å². The second kappa shape index (κ2) is 8.73. The number of aliphatic imine (C=N–C) groups is 1. The molecule has 7 heteroatoms. The standard InChI is InChI=1S/C15H24FN3O2S/c1-4-17-15(18-9-10-22(20,21)5-2)19(3)12-13-7-6-8-14(16)11-13/h6-8,11H,4-5,9-10,12H2,1-3H3,(H,17,18). The van der Waals surface area contributed by atoms with E-state index < -0.39 is 9.84 Å². The number of guanidine groups is 1. The number of halogens is 1. The predicted octanol–water partition coefficient (Wildman–Crippen LogP) is 1.66. The highest BCUT2D eigenvalue weighted by molar-refractivity contribution is 7.91. The van der Waals surface area contributed by atoms with Crippen LogP contribution in [-0.4, -0.2) is 50.9 Å². The van der Waals surface area contributed by atoms with Crippen molar-refractivity contribution >= 4 is 15.8 Å². The van der Waals surface area contributed by atoms with Crippen LogP contribution in [0, 0.1) is 5.82 Å². The molecule has 1 aromatic carbocycles. The first kappa shape index (κ1) is 18.4. The van der Waals surface area contributed by atoms with E-state index >= 15 is 0 Å². The Kier molecular flexibility index (Phi) is 7.31. The topological polar surface area (TPSA) is 61.8 Å². The number of rotatable bonds is 7. The van der Waals surface area contributed by atoms with Gasteiger partial charge in [0.25, 0.3) is 0 Å². The molecule has 0 bridgehead atoms. The maximum atomic E-state index is 13.2. The molecule has 0 fully saturated rings. The molecule has 124 valence electrons. The van der Waals surface area contributed by atoms with Crippen LogP contribution in [0.25, 0.3) is 0 Å². The van der Waals surface area contributed by atoms with E-state index in [-0.39, 0.29) is 23.9 Å². The first-order valence-electron chi connectivity index (χ1n) is 7.32. The highest BCUT2D eigenvalue weighted by atomic mass is 32.2. The van der Waals surface area contributed by atoms with Gasteiger partial charge in [0, 0.05) is 25.9 Å². The normalized spacial score (nSPS) is 12.3. The first-order valence-corrected chi connectivity index (χ1v) is 9.14. The summed E-state index contributed by atoms with van der Waals surface area (Å²) in [6, 6.07) is 6.38. The van der Waals surface area contributed by atoms with Gasteiger partial charge in [-0.2, -0.15) is 0 Å². The van der Waals surface area contributed by atoms with E-state index in [0.29, 0.717) is 19.0 Å². The Morgan fingerprint density at radius 1 is 1.36 bits per heavy atom. The Morgan fingerprint density at radius 2 is 2.09 bits per heavy atom. The fraction of sp³-hybridized carbons (Fsp3) is 0.533. The predicted molar refractivity (Wildman–Crippen MR) is 88.2 cm³/mol. The zero-order chi connectivity index (χ0) is 16.6. The van der Waals surface area contributed by atoms with E-state index in [9.17, 15) is 12.8 Å². The Balaban J connectivity index is 2.72. The third kappa shape index (κ3) is 6.43. The van der Waals surface area contributed by atoms with Gasteiger partial charge in [-0.25, -0.2) is 12.8 Å². The Bertz CT molecular complexity index is 603. The second-order valence-electron chi connectivity index (χ2n) is 4.96. The highest BCUT2D eigenvalue weighted by Crippen LogP contribution is 2.06. The second-order valence-corrected chi connectivity index (χ2v) is 7.43. The first-order chi connectivity index (χ1) is 10.4. The number of nitrogens with one attached hydrogen (secondary N) is 1. The number of hydrogen-bond acceptors (Lipinski definition) is 3. The molecule has 0 atom stereocenters. The van der Waals surface area contributed by atoms with E-state index in [2.05, 4.69) is 10.3 Å². The number of hydrogen-bond donors (Lipinski definition) is 1. The van der Waals surface area contributed by atoms with E-state index in [0.717, 1.165) is 5.56 Å². The summed E-state index contributed by atoms with van der Waals surface area (Å²) in [6.45, 7) is 4.94. The average molecular weight is 329 g/mol. The van der Waals surface area contributed by atoms with Crippen LogP contribution in [0.15, 0.2) is 29.3 Å². The van der Waals surface area contributed by atoms with Gasteiger partial charge in [0.2, 0.25) is 0 Å². The van der Waals surface area contributed by atoms with Crippen LogP contribution in [0.1, 0.15) is 19.4 Å². The van der Waals surface area contributed by atoms with Crippen molar-refractivity contribution in [1.82, 2.24) is 10.2 Å². The number of benzene rings is 1. The minimum absolute atomic E-state index is 0.0339. The van der Waals surface area contributed by atoms with Crippen LogP contribution in [-0.2, 0) is 16.4 Å². The zero-order valence-electron chi connectivity index (χ0n) is 13.3. The molecular formula is C15H24FN3O2S. The van der Waals surface area contributed by atoms with Crippen LogP contribution in [0.5, 0.6) is 0 Å². The molecule has 0 saturated carbocycles. The summed E-state index contributed by atoms with van der Waals surface area (Å²) < 4.78 is 36.2. The fourth-order valence-corrected chi connectivity index (χ4v) is 2.55. The lowest BCUT2D eigenvalue weighted by Gasteiger charge is -2.22. The van der Waals surface area contributed by atoms with Crippen molar-refractivity contribution in [1.29, 1.82) is 0 Å². The minimum Gasteiger partial charge on any atom is -0.357 e. The van der Waals surface area contributed by atoms with Gasteiger partial charge in [-0.05, 0) is 24.6 Å². The molecule has 0 aliphatic rings. The van der Waals surface area contributed by atoms with Crippen LogP contribution in [0.2, 0.25) is 0 Å². The molecule has 22 heavy (non-hydrogen) atoms. The smallest absolute Gasteiger partial charge is 0.193 e. The zero-order valence-corrected chi connectivity index (χ0v) is 14.2. The minimum atomic E-state index is -3.02. The van der Waals surface area contributed by atoms with Gasteiger partial charge in [-0.15, -0.1) is 0 Å². The van der Waals surface area contributed by atoms with Crippen molar-refractivity contribution in [2.75, 3.05) is 31.6 Å². The molecule has 0 unspecified atom stereocenters. The Hall–Kier alpha value is -1.63. The van der Waals surface area contributed by atoms with Gasteiger partial charge in [0.15, 0.2) is 15.8 Å². The molecule has 1 aromatic rings. The summed E-state index contributed by atoms with van der Waals surface area (Å²) in [5.74, 6) is 0.490.